The van der Waals surface area contributed by atoms with Crippen LogP contribution in [-0.4, -0.2) is 38.8 Å². The van der Waals surface area contributed by atoms with Gasteiger partial charge in [-0.1, -0.05) is 41.4 Å². The van der Waals surface area contributed by atoms with E-state index in [9.17, 15) is 13.2 Å². The van der Waals surface area contributed by atoms with Gasteiger partial charge in [0.05, 0.1) is 5.02 Å². The van der Waals surface area contributed by atoms with E-state index in [4.69, 9.17) is 11.6 Å². The van der Waals surface area contributed by atoms with Gasteiger partial charge in [-0.2, -0.15) is 4.31 Å². The third-order valence-corrected chi connectivity index (χ3v) is 7.35. The van der Waals surface area contributed by atoms with Crippen molar-refractivity contribution >= 4 is 49.1 Å². The number of halogens is 2. The summed E-state index contributed by atoms with van der Waals surface area (Å²) in [5.41, 5.74) is 1.92. The van der Waals surface area contributed by atoms with Crippen molar-refractivity contribution in [2.45, 2.75) is 25.7 Å². The van der Waals surface area contributed by atoms with Crippen LogP contribution < -0.4 is 4.90 Å². The van der Waals surface area contributed by atoms with Gasteiger partial charge in [0.2, 0.25) is 10.0 Å². The molecule has 0 saturated heterocycles. The summed E-state index contributed by atoms with van der Waals surface area (Å²) in [5, 5.41) is 0.0981. The molecule has 0 radical (unpaired) electrons. The zero-order chi connectivity index (χ0) is 20.4. The van der Waals surface area contributed by atoms with Crippen molar-refractivity contribution < 1.29 is 13.2 Å². The molecule has 0 saturated carbocycles. The maximum Gasteiger partial charge on any atom is 0.258 e. The SMILES string of the molecule is CCN(CC)S(=O)(=O)c1cc(C(=O)N(C)c2ccc(Br)cc2C)ccc1Cl. The fourth-order valence-corrected chi connectivity index (χ4v) is 5.27. The number of nitrogens with zero attached hydrogens (tertiary/aromatic N) is 2. The van der Waals surface area contributed by atoms with Crippen molar-refractivity contribution in [3.05, 3.63) is 57.0 Å². The van der Waals surface area contributed by atoms with Gasteiger partial charge in [-0.05, 0) is 48.9 Å². The molecule has 2 aromatic carbocycles. The third kappa shape index (κ3) is 4.54. The molecule has 27 heavy (non-hydrogen) atoms. The Hall–Kier alpha value is -1.41. The molecule has 2 rings (SSSR count). The molecule has 1 amide bonds. The molecule has 0 aromatic heterocycles. The van der Waals surface area contributed by atoms with Gasteiger partial charge < -0.3 is 4.90 Å². The Morgan fingerprint density at radius 1 is 1.11 bits per heavy atom. The van der Waals surface area contributed by atoms with Crippen LogP contribution in [0.15, 0.2) is 45.8 Å². The maximum absolute atomic E-state index is 12.9. The summed E-state index contributed by atoms with van der Waals surface area (Å²) in [6.45, 7) is 6.07. The minimum absolute atomic E-state index is 0.0559. The third-order valence-electron chi connectivity index (χ3n) is 4.33. The lowest BCUT2D eigenvalue weighted by Gasteiger charge is -2.22. The van der Waals surface area contributed by atoms with Crippen LogP contribution in [0.4, 0.5) is 5.69 Å². The molecule has 0 aliphatic rings. The van der Waals surface area contributed by atoms with E-state index in [0.717, 1.165) is 15.7 Å². The van der Waals surface area contributed by atoms with E-state index in [1.165, 1.54) is 27.4 Å². The van der Waals surface area contributed by atoms with E-state index < -0.39 is 10.0 Å². The van der Waals surface area contributed by atoms with Crippen LogP contribution in [0.25, 0.3) is 0 Å². The summed E-state index contributed by atoms with van der Waals surface area (Å²) in [7, 11) is -2.11. The van der Waals surface area contributed by atoms with Gasteiger partial charge in [0.15, 0.2) is 0 Å². The fraction of sp³-hybridized carbons (Fsp3) is 0.316. The van der Waals surface area contributed by atoms with Gasteiger partial charge in [0.1, 0.15) is 4.90 Å². The lowest BCUT2D eigenvalue weighted by Crippen LogP contribution is -2.31. The number of anilines is 1. The van der Waals surface area contributed by atoms with Gasteiger partial charge in [0.25, 0.3) is 5.91 Å². The summed E-state index contributed by atoms with van der Waals surface area (Å²) >= 11 is 9.55. The van der Waals surface area contributed by atoms with Crippen molar-refractivity contribution in [2.24, 2.45) is 0 Å². The number of carbonyl (C=O) groups is 1. The Bertz CT molecular complexity index is 959. The van der Waals surface area contributed by atoms with Gasteiger partial charge in [-0.3, -0.25) is 4.79 Å². The summed E-state index contributed by atoms with van der Waals surface area (Å²) in [4.78, 5) is 14.4. The number of amides is 1. The normalized spacial score (nSPS) is 11.7. The molecular weight excluding hydrogens is 452 g/mol. The highest BCUT2D eigenvalue weighted by Crippen LogP contribution is 2.28. The van der Waals surface area contributed by atoms with Crippen LogP contribution in [0, 0.1) is 6.92 Å². The monoisotopic (exact) mass is 472 g/mol. The van der Waals surface area contributed by atoms with Crippen LogP contribution in [0.5, 0.6) is 0 Å². The lowest BCUT2D eigenvalue weighted by molar-refractivity contribution is 0.0992. The van der Waals surface area contributed by atoms with Gasteiger partial charge in [-0.25, -0.2) is 8.42 Å². The minimum Gasteiger partial charge on any atom is -0.311 e. The highest BCUT2D eigenvalue weighted by molar-refractivity contribution is 9.10. The van der Waals surface area contributed by atoms with Crippen LogP contribution in [0.3, 0.4) is 0 Å². The van der Waals surface area contributed by atoms with Crippen LogP contribution >= 0.6 is 27.5 Å². The van der Waals surface area contributed by atoms with Crippen molar-refractivity contribution in [3.63, 3.8) is 0 Å². The average Bonchev–Trinajstić information content (AvgIpc) is 2.61. The number of carbonyl (C=O) groups excluding carboxylic acids is 1. The number of hydrogen-bond acceptors (Lipinski definition) is 3. The molecule has 0 N–H and O–H groups in total. The Labute approximate surface area is 174 Å². The van der Waals surface area contributed by atoms with Crippen LogP contribution in [0.1, 0.15) is 29.8 Å². The average molecular weight is 474 g/mol. The number of rotatable bonds is 6. The first-order valence-electron chi connectivity index (χ1n) is 8.47. The second-order valence-corrected chi connectivity index (χ2v) is 9.26. The quantitative estimate of drug-likeness (QED) is 0.610. The molecule has 146 valence electrons. The van der Waals surface area contributed by atoms with E-state index in [2.05, 4.69) is 15.9 Å². The molecule has 0 heterocycles. The number of aryl methyl sites for hydroxylation is 1. The van der Waals surface area contributed by atoms with Crippen molar-refractivity contribution in [1.29, 1.82) is 0 Å². The van der Waals surface area contributed by atoms with E-state index in [1.54, 1.807) is 20.9 Å². The minimum atomic E-state index is -3.77. The van der Waals surface area contributed by atoms with Crippen molar-refractivity contribution in [2.75, 3.05) is 25.0 Å². The number of sulfonamides is 1. The summed E-state index contributed by atoms with van der Waals surface area (Å²) in [6.07, 6.45) is 0. The summed E-state index contributed by atoms with van der Waals surface area (Å²) < 4.78 is 27.9. The summed E-state index contributed by atoms with van der Waals surface area (Å²) in [5.74, 6) is -0.312. The van der Waals surface area contributed by atoms with E-state index in [1.807, 2.05) is 25.1 Å². The van der Waals surface area contributed by atoms with Crippen LogP contribution in [-0.2, 0) is 10.0 Å². The zero-order valence-electron chi connectivity index (χ0n) is 15.7. The Balaban J connectivity index is 2.46. The Kier molecular flexibility index (Phi) is 7.08. The fourth-order valence-electron chi connectivity index (χ4n) is 2.83. The van der Waals surface area contributed by atoms with E-state index >= 15 is 0 Å². The first kappa shape index (κ1) is 21.9. The standard InChI is InChI=1S/C19H22BrClN2O3S/c1-5-23(6-2)27(25,26)18-12-14(7-9-16(18)21)19(24)22(4)17-10-8-15(20)11-13(17)3/h7-12H,5-6H2,1-4H3. The largest absolute Gasteiger partial charge is 0.311 e. The Morgan fingerprint density at radius 2 is 1.74 bits per heavy atom. The molecule has 0 fully saturated rings. The first-order valence-corrected chi connectivity index (χ1v) is 11.1. The zero-order valence-corrected chi connectivity index (χ0v) is 18.8. The molecular formula is C19H22BrClN2O3S. The highest BCUT2D eigenvalue weighted by Gasteiger charge is 2.26. The molecule has 0 aliphatic heterocycles. The summed E-state index contributed by atoms with van der Waals surface area (Å²) in [6, 6.07) is 9.94. The molecule has 2 aromatic rings. The molecule has 0 atom stereocenters. The second kappa shape index (κ2) is 8.73. The van der Waals surface area contributed by atoms with Gasteiger partial charge >= 0.3 is 0 Å². The van der Waals surface area contributed by atoms with Crippen molar-refractivity contribution in [1.82, 2.24) is 4.31 Å². The number of benzene rings is 2. The van der Waals surface area contributed by atoms with Crippen LogP contribution in [0.2, 0.25) is 5.02 Å². The first-order chi connectivity index (χ1) is 12.6. The highest BCUT2D eigenvalue weighted by atomic mass is 79.9. The Morgan fingerprint density at radius 3 is 2.30 bits per heavy atom. The molecule has 0 unspecified atom stereocenters. The molecule has 0 aliphatic carbocycles. The number of hydrogen-bond donors (Lipinski definition) is 0. The maximum atomic E-state index is 12.9. The topological polar surface area (TPSA) is 57.7 Å². The molecule has 5 nitrogen and oxygen atoms in total. The molecule has 0 bridgehead atoms. The van der Waals surface area contributed by atoms with Crippen molar-refractivity contribution in [3.8, 4) is 0 Å². The van der Waals surface area contributed by atoms with Gasteiger partial charge in [0, 0.05) is 35.9 Å². The van der Waals surface area contributed by atoms with E-state index in [0.29, 0.717) is 13.1 Å². The predicted molar refractivity (Wildman–Crippen MR) is 113 cm³/mol. The smallest absolute Gasteiger partial charge is 0.258 e. The second-order valence-electron chi connectivity index (χ2n) is 6.03. The van der Waals surface area contributed by atoms with E-state index in [-0.39, 0.29) is 21.4 Å². The predicted octanol–water partition coefficient (Wildman–Crippen LogP) is 4.72. The van der Waals surface area contributed by atoms with Gasteiger partial charge in [-0.15, -0.1) is 0 Å². The molecule has 0 spiro atoms. The molecule has 8 heteroatoms. The lowest BCUT2D eigenvalue weighted by atomic mass is 10.1.